The third-order valence-electron chi connectivity index (χ3n) is 4.87. The smallest absolute Gasteiger partial charge is 0.191 e. The predicted octanol–water partition coefficient (Wildman–Crippen LogP) is 2.65. The van der Waals surface area contributed by atoms with Crippen molar-refractivity contribution in [3.8, 4) is 0 Å². The number of nitrogens with zero attached hydrogens (tertiary/aromatic N) is 3. The second-order valence-electron chi connectivity index (χ2n) is 8.10. The summed E-state index contributed by atoms with van der Waals surface area (Å²) in [7, 11) is 3.99. The molecule has 0 bridgehead atoms. The number of halogens is 1. The standard InChI is InChI=1S/C22H39N5O.HI/c1-19(2)16-27-13-14-28-21(18-27)15-25-22(23-3)24-11-8-12-26(4)17-20-9-6-5-7-10-20;/h5-7,9-10,19,21H,8,11-18H2,1-4H3,(H2,23,24,25);1H. The minimum atomic E-state index is 0. The molecule has 2 rings (SSSR count). The van der Waals surface area contributed by atoms with Gasteiger partial charge in [-0.1, -0.05) is 44.2 Å². The van der Waals surface area contributed by atoms with Gasteiger partial charge >= 0.3 is 0 Å². The van der Waals surface area contributed by atoms with E-state index in [0.717, 1.165) is 64.8 Å². The van der Waals surface area contributed by atoms with Crippen LogP contribution in [0.3, 0.4) is 0 Å². The minimum Gasteiger partial charge on any atom is -0.374 e. The van der Waals surface area contributed by atoms with Crippen molar-refractivity contribution in [3.63, 3.8) is 0 Å². The molecule has 1 aliphatic heterocycles. The zero-order chi connectivity index (χ0) is 20.2. The molecule has 1 heterocycles. The highest BCUT2D eigenvalue weighted by Crippen LogP contribution is 2.07. The fourth-order valence-corrected chi connectivity index (χ4v) is 3.55. The molecule has 0 amide bonds. The summed E-state index contributed by atoms with van der Waals surface area (Å²) in [4.78, 5) is 9.19. The fraction of sp³-hybridized carbons (Fsp3) is 0.682. The molecular weight excluding hydrogens is 477 g/mol. The van der Waals surface area contributed by atoms with Gasteiger partial charge in [-0.05, 0) is 31.5 Å². The van der Waals surface area contributed by atoms with E-state index < -0.39 is 0 Å². The van der Waals surface area contributed by atoms with E-state index in [1.807, 2.05) is 7.05 Å². The van der Waals surface area contributed by atoms with Crippen LogP contribution in [0.15, 0.2) is 35.3 Å². The van der Waals surface area contributed by atoms with Crippen molar-refractivity contribution < 1.29 is 4.74 Å². The Morgan fingerprint density at radius 1 is 1.28 bits per heavy atom. The van der Waals surface area contributed by atoms with E-state index in [9.17, 15) is 0 Å². The summed E-state index contributed by atoms with van der Waals surface area (Å²) in [6.07, 6.45) is 1.30. The molecule has 1 saturated heterocycles. The SMILES string of the molecule is CN=C(NCCCN(C)Cc1ccccc1)NCC1CN(CC(C)C)CCO1.I. The second kappa shape index (κ2) is 15.0. The van der Waals surface area contributed by atoms with Crippen molar-refractivity contribution in [1.82, 2.24) is 20.4 Å². The van der Waals surface area contributed by atoms with E-state index in [1.165, 1.54) is 5.56 Å². The van der Waals surface area contributed by atoms with Crippen molar-refractivity contribution in [3.05, 3.63) is 35.9 Å². The van der Waals surface area contributed by atoms with E-state index in [0.29, 0.717) is 5.92 Å². The van der Waals surface area contributed by atoms with Crippen molar-refractivity contribution in [2.45, 2.75) is 32.9 Å². The minimum absolute atomic E-state index is 0. The van der Waals surface area contributed by atoms with Gasteiger partial charge in [-0.15, -0.1) is 24.0 Å². The Morgan fingerprint density at radius 2 is 2.03 bits per heavy atom. The van der Waals surface area contributed by atoms with Gasteiger partial charge < -0.3 is 20.3 Å². The number of benzene rings is 1. The summed E-state index contributed by atoms with van der Waals surface area (Å²) in [6, 6.07) is 10.6. The van der Waals surface area contributed by atoms with Crippen molar-refractivity contribution in [2.24, 2.45) is 10.9 Å². The van der Waals surface area contributed by atoms with E-state index >= 15 is 0 Å². The van der Waals surface area contributed by atoms with E-state index in [-0.39, 0.29) is 30.1 Å². The van der Waals surface area contributed by atoms with Crippen LogP contribution in [0.5, 0.6) is 0 Å². The molecule has 0 saturated carbocycles. The lowest BCUT2D eigenvalue weighted by Crippen LogP contribution is -2.50. The monoisotopic (exact) mass is 517 g/mol. The van der Waals surface area contributed by atoms with Gasteiger partial charge in [0.1, 0.15) is 0 Å². The van der Waals surface area contributed by atoms with Crippen LogP contribution in [0.4, 0.5) is 0 Å². The van der Waals surface area contributed by atoms with Crippen LogP contribution in [0, 0.1) is 5.92 Å². The lowest BCUT2D eigenvalue weighted by Gasteiger charge is -2.34. The van der Waals surface area contributed by atoms with Crippen LogP contribution in [-0.4, -0.2) is 81.8 Å². The van der Waals surface area contributed by atoms with Gasteiger partial charge in [0.05, 0.1) is 12.7 Å². The Morgan fingerprint density at radius 3 is 2.72 bits per heavy atom. The van der Waals surface area contributed by atoms with Gasteiger partial charge in [-0.3, -0.25) is 9.89 Å². The molecule has 29 heavy (non-hydrogen) atoms. The van der Waals surface area contributed by atoms with Crippen molar-refractivity contribution in [2.75, 3.05) is 60.0 Å². The van der Waals surface area contributed by atoms with Crippen LogP contribution in [0.2, 0.25) is 0 Å². The van der Waals surface area contributed by atoms with Crippen molar-refractivity contribution >= 4 is 29.9 Å². The topological polar surface area (TPSA) is 52.1 Å². The van der Waals surface area contributed by atoms with Crippen LogP contribution in [0.25, 0.3) is 0 Å². The highest BCUT2D eigenvalue weighted by Gasteiger charge is 2.21. The first-order valence-corrected chi connectivity index (χ1v) is 10.6. The molecule has 1 aliphatic rings. The highest BCUT2D eigenvalue weighted by molar-refractivity contribution is 14.0. The van der Waals surface area contributed by atoms with Gasteiger partial charge in [0.2, 0.25) is 0 Å². The largest absolute Gasteiger partial charge is 0.374 e. The molecule has 7 heteroatoms. The second-order valence-corrected chi connectivity index (χ2v) is 8.10. The van der Waals surface area contributed by atoms with Crippen LogP contribution < -0.4 is 10.6 Å². The van der Waals surface area contributed by atoms with E-state index in [4.69, 9.17) is 4.74 Å². The fourth-order valence-electron chi connectivity index (χ4n) is 3.55. The summed E-state index contributed by atoms with van der Waals surface area (Å²) in [5.41, 5.74) is 1.36. The molecule has 0 aliphatic carbocycles. The first-order chi connectivity index (χ1) is 13.6. The third-order valence-corrected chi connectivity index (χ3v) is 4.87. The average molecular weight is 518 g/mol. The number of morpholine rings is 1. The van der Waals surface area contributed by atoms with Crippen LogP contribution in [-0.2, 0) is 11.3 Å². The normalized spacial score (nSPS) is 18.0. The molecule has 1 unspecified atom stereocenters. The zero-order valence-electron chi connectivity index (χ0n) is 18.6. The predicted molar refractivity (Wildman–Crippen MR) is 133 cm³/mol. The highest BCUT2D eigenvalue weighted by atomic mass is 127. The average Bonchev–Trinajstić information content (AvgIpc) is 2.68. The molecule has 1 aromatic rings. The molecule has 166 valence electrons. The number of ether oxygens (including phenoxy) is 1. The number of hydrogen-bond acceptors (Lipinski definition) is 4. The van der Waals surface area contributed by atoms with Gasteiger partial charge in [-0.2, -0.15) is 0 Å². The number of aliphatic imine (C=N–C) groups is 1. The summed E-state index contributed by atoms with van der Waals surface area (Å²) in [5, 5.41) is 6.83. The quantitative estimate of drug-likeness (QED) is 0.216. The molecule has 1 aromatic carbocycles. The number of nitrogens with one attached hydrogen (secondary N) is 2. The summed E-state index contributed by atoms with van der Waals surface area (Å²) < 4.78 is 5.90. The van der Waals surface area contributed by atoms with Crippen LogP contribution >= 0.6 is 24.0 Å². The summed E-state index contributed by atoms with van der Waals surface area (Å²) >= 11 is 0. The molecule has 0 aromatic heterocycles. The molecule has 1 fully saturated rings. The molecular formula is C22H40IN5O. The van der Waals surface area contributed by atoms with Gasteiger partial charge in [0, 0.05) is 46.3 Å². The van der Waals surface area contributed by atoms with Gasteiger partial charge in [0.25, 0.3) is 0 Å². The maximum atomic E-state index is 5.90. The summed E-state index contributed by atoms with van der Waals surface area (Å²) in [6.45, 7) is 12.3. The molecule has 2 N–H and O–H groups in total. The zero-order valence-corrected chi connectivity index (χ0v) is 20.9. The molecule has 6 nitrogen and oxygen atoms in total. The lowest BCUT2D eigenvalue weighted by atomic mass is 10.2. The summed E-state index contributed by atoms with van der Waals surface area (Å²) in [5.74, 6) is 1.55. The Bertz CT molecular complexity index is 570. The van der Waals surface area contributed by atoms with Gasteiger partial charge in [-0.25, -0.2) is 0 Å². The molecule has 0 radical (unpaired) electrons. The maximum absolute atomic E-state index is 5.90. The third kappa shape index (κ3) is 11.2. The van der Waals surface area contributed by atoms with E-state index in [1.54, 1.807) is 0 Å². The first-order valence-electron chi connectivity index (χ1n) is 10.6. The molecule has 1 atom stereocenters. The Kier molecular flexibility index (Phi) is 13.5. The maximum Gasteiger partial charge on any atom is 0.191 e. The Hall–Kier alpha value is -0.900. The number of guanidine groups is 1. The number of rotatable bonds is 10. The van der Waals surface area contributed by atoms with Crippen molar-refractivity contribution in [1.29, 1.82) is 0 Å². The Labute approximate surface area is 194 Å². The number of hydrogen-bond donors (Lipinski definition) is 2. The Balaban J connectivity index is 0.00000420. The molecule has 0 spiro atoms. The lowest BCUT2D eigenvalue weighted by molar-refractivity contribution is -0.0284. The van der Waals surface area contributed by atoms with Crippen LogP contribution in [0.1, 0.15) is 25.8 Å². The van der Waals surface area contributed by atoms with E-state index in [2.05, 4.69) is 76.7 Å². The van der Waals surface area contributed by atoms with Gasteiger partial charge in [0.15, 0.2) is 5.96 Å². The first kappa shape index (κ1) is 26.1.